The molecule has 24 heavy (non-hydrogen) atoms. The maximum Gasteiger partial charge on any atom is 0.127 e. The van der Waals surface area contributed by atoms with E-state index in [-0.39, 0.29) is 11.5 Å². The lowest BCUT2D eigenvalue weighted by molar-refractivity contribution is 0.0107. The minimum atomic E-state index is -0.177. The Hall–Kier alpha value is -1.44. The molecule has 2 heteroatoms. The summed E-state index contributed by atoms with van der Waals surface area (Å²) in [6.07, 6.45) is 9.26. The summed E-state index contributed by atoms with van der Waals surface area (Å²) in [4.78, 5) is 0. The Bertz CT molecular complexity index is 619. The van der Waals surface area contributed by atoms with Crippen LogP contribution >= 0.6 is 0 Å². The number of phenols is 1. The minimum absolute atomic E-state index is 0.177. The molecular formula is C22H34O2. The first kappa shape index (κ1) is 17.4. The molecule has 1 aliphatic heterocycles. The molecular weight excluding hydrogens is 296 g/mol. The van der Waals surface area contributed by atoms with Gasteiger partial charge in [0, 0.05) is 18.8 Å². The zero-order chi connectivity index (χ0) is 18.6. The first-order valence-corrected chi connectivity index (χ1v) is 9.14. The van der Waals surface area contributed by atoms with Crippen molar-refractivity contribution < 1.29 is 11.2 Å². The van der Waals surface area contributed by atoms with E-state index in [9.17, 15) is 5.11 Å². The molecule has 134 valence electrons. The standard InChI is InChI=1S/C21H30O2.CH4/c1-5-6-7-8-15-12-18(22)20-16-11-14(2)9-10-17(16)21(3,4)23-19(20)13-15;/h11-13,16-17,22H,5-10H2,1-4H3;1H4/t16-,17-;/m1./s1/i;1T. The van der Waals surface area contributed by atoms with Crippen LogP contribution in [0.3, 0.4) is 0 Å². The molecule has 2 atom stereocenters. The molecule has 0 radical (unpaired) electrons. The van der Waals surface area contributed by atoms with Gasteiger partial charge in [0.2, 0.25) is 0 Å². The van der Waals surface area contributed by atoms with Gasteiger partial charge < -0.3 is 9.84 Å². The summed E-state index contributed by atoms with van der Waals surface area (Å²) < 4.78 is 12.1. The van der Waals surface area contributed by atoms with Gasteiger partial charge in [-0.3, -0.25) is 0 Å². The molecule has 1 aromatic carbocycles. The monoisotopic (exact) mass is 332 g/mol. The van der Waals surface area contributed by atoms with Crippen molar-refractivity contribution in [3.05, 3.63) is 34.9 Å². The Balaban J connectivity index is 0.00000109. The highest BCUT2D eigenvalue weighted by Gasteiger charge is 2.45. The Labute approximate surface area is 149 Å². The minimum Gasteiger partial charge on any atom is -0.507 e. The van der Waals surface area contributed by atoms with Gasteiger partial charge in [0.05, 0.1) is 0 Å². The van der Waals surface area contributed by atoms with Crippen molar-refractivity contribution in [1.82, 2.24) is 0 Å². The van der Waals surface area contributed by atoms with E-state index in [1.54, 1.807) is 0 Å². The smallest absolute Gasteiger partial charge is 0.127 e. The highest BCUT2D eigenvalue weighted by atomic mass is 16.5. The van der Waals surface area contributed by atoms with Crippen molar-refractivity contribution in [2.75, 3.05) is 0 Å². The van der Waals surface area contributed by atoms with Crippen molar-refractivity contribution in [2.45, 2.75) is 85.1 Å². The highest BCUT2D eigenvalue weighted by molar-refractivity contribution is 5.53. The second kappa shape index (κ2) is 7.21. The summed E-state index contributed by atoms with van der Waals surface area (Å²) in [5.41, 5.74) is 3.46. The molecule has 0 saturated heterocycles. The van der Waals surface area contributed by atoms with E-state index in [1.807, 2.05) is 6.07 Å². The first-order valence-electron chi connectivity index (χ1n) is 10.1. The van der Waals surface area contributed by atoms with Crippen molar-refractivity contribution in [1.29, 1.82) is 0 Å². The average Bonchev–Trinajstić information content (AvgIpc) is 2.55. The largest absolute Gasteiger partial charge is 0.507 e. The summed E-state index contributed by atoms with van der Waals surface area (Å²) in [5.74, 6) is 2.04. The Morgan fingerprint density at radius 3 is 2.79 bits per heavy atom. The van der Waals surface area contributed by atoms with Crippen LogP contribution in [0.5, 0.6) is 11.5 Å². The molecule has 1 aromatic rings. The lowest BCUT2D eigenvalue weighted by Gasteiger charge is -2.46. The number of phenolic OH excluding ortho intramolecular Hbond substituents is 1. The Morgan fingerprint density at radius 1 is 1.33 bits per heavy atom. The molecule has 0 unspecified atom stereocenters. The lowest BCUT2D eigenvalue weighted by atomic mass is 9.68. The van der Waals surface area contributed by atoms with Crippen molar-refractivity contribution in [2.24, 2.45) is 5.92 Å². The van der Waals surface area contributed by atoms with E-state index in [1.165, 1.54) is 37.8 Å². The number of hydrogen-bond donors (Lipinski definition) is 1. The van der Waals surface area contributed by atoms with Crippen molar-refractivity contribution in [3.8, 4) is 11.5 Å². The molecule has 2 nitrogen and oxygen atoms in total. The Kier molecular flexibility index (Phi) is 5.22. The molecule has 2 aliphatic rings. The number of fused-ring (bicyclic) bond motifs is 3. The van der Waals surface area contributed by atoms with Crippen molar-refractivity contribution in [3.63, 3.8) is 0 Å². The van der Waals surface area contributed by atoms with Gasteiger partial charge in [-0.25, -0.2) is 0 Å². The van der Waals surface area contributed by atoms with E-state index >= 15 is 0 Å². The average molecular weight is 333 g/mol. The van der Waals surface area contributed by atoms with E-state index < -0.39 is 0 Å². The van der Waals surface area contributed by atoms with Gasteiger partial charge in [-0.1, -0.05) is 38.8 Å². The number of benzene rings is 1. The van der Waals surface area contributed by atoms with Crippen LogP contribution in [0.4, 0.5) is 0 Å². The predicted molar refractivity (Wildman–Crippen MR) is 102 cm³/mol. The van der Waals surface area contributed by atoms with Gasteiger partial charge >= 0.3 is 0 Å². The quantitative estimate of drug-likeness (QED) is 0.512. The van der Waals surface area contributed by atoms with Gasteiger partial charge in [-0.05, 0) is 64.2 Å². The van der Waals surface area contributed by atoms with Crippen LogP contribution in [0.2, 0.25) is 0 Å². The number of hydrogen-bond acceptors (Lipinski definition) is 2. The molecule has 0 amide bonds. The number of allylic oxidation sites excluding steroid dienone is 2. The van der Waals surface area contributed by atoms with Gasteiger partial charge in [-0.2, -0.15) is 0 Å². The summed E-state index contributed by atoms with van der Waals surface area (Å²) in [6, 6.07) is 4.13. The molecule has 1 aliphatic carbocycles. The normalized spacial score (nSPS) is 24.4. The number of ether oxygens (including phenoxy) is 1. The second-order valence-corrected chi connectivity index (χ2v) is 7.87. The third-order valence-corrected chi connectivity index (χ3v) is 5.60. The van der Waals surface area contributed by atoms with E-state index in [0.717, 1.165) is 30.6 Å². The highest BCUT2D eigenvalue weighted by Crippen LogP contribution is 2.53. The zero-order valence-corrected chi connectivity index (χ0v) is 16.0. The van der Waals surface area contributed by atoms with Crippen LogP contribution in [0.25, 0.3) is 0 Å². The molecule has 0 aromatic heterocycles. The lowest BCUT2D eigenvalue weighted by Crippen LogP contribution is -2.45. The van der Waals surface area contributed by atoms with Gasteiger partial charge in [0.25, 0.3) is 0 Å². The third-order valence-electron chi connectivity index (χ3n) is 5.60. The summed E-state index contributed by atoms with van der Waals surface area (Å²) in [6.45, 7) is 8.81. The van der Waals surface area contributed by atoms with Crippen molar-refractivity contribution >= 4 is 0 Å². The third kappa shape index (κ3) is 3.48. The topological polar surface area (TPSA) is 29.5 Å². The maximum absolute atomic E-state index is 10.7. The number of unbranched alkanes of at least 4 members (excludes halogenated alkanes) is 2. The molecule has 0 spiro atoms. The van der Waals surface area contributed by atoms with E-state index in [2.05, 4.69) is 39.8 Å². The molecule has 3 rings (SSSR count). The summed E-state index contributed by atoms with van der Waals surface area (Å²) >= 11 is 0. The van der Waals surface area contributed by atoms with Gasteiger partial charge in [0.15, 0.2) is 0 Å². The zero-order valence-electron chi connectivity index (χ0n) is 17.0. The van der Waals surface area contributed by atoms with E-state index in [0.29, 0.717) is 11.7 Å². The molecule has 0 fully saturated rings. The maximum atomic E-state index is 10.7. The van der Waals surface area contributed by atoms with Crippen LogP contribution in [-0.4, -0.2) is 10.7 Å². The second-order valence-electron chi connectivity index (χ2n) is 7.87. The van der Waals surface area contributed by atoms with Crippen LogP contribution in [0.15, 0.2) is 23.8 Å². The predicted octanol–water partition coefficient (Wildman–Crippen LogP) is 6.37. The number of aromatic hydroxyl groups is 1. The fraction of sp³-hybridized carbons (Fsp3) is 0.636. The summed E-state index contributed by atoms with van der Waals surface area (Å²) in [7, 11) is 1.25. The van der Waals surface area contributed by atoms with Crippen LogP contribution in [0, 0.1) is 5.92 Å². The molecule has 0 bridgehead atoms. The number of aryl methyl sites for hydroxylation is 1. The van der Waals surface area contributed by atoms with Crippen LogP contribution in [0.1, 0.15) is 85.6 Å². The Morgan fingerprint density at radius 2 is 2.08 bits per heavy atom. The fourth-order valence-corrected chi connectivity index (χ4v) is 4.30. The molecule has 1 N–H and O–H groups in total. The van der Waals surface area contributed by atoms with Crippen LogP contribution in [-0.2, 0) is 6.42 Å². The van der Waals surface area contributed by atoms with Crippen LogP contribution < -0.4 is 4.74 Å². The van der Waals surface area contributed by atoms with Gasteiger partial charge in [-0.15, -0.1) is 0 Å². The van der Waals surface area contributed by atoms with E-state index in [4.69, 9.17) is 6.11 Å². The molecule has 0 saturated carbocycles. The summed E-state index contributed by atoms with van der Waals surface area (Å²) in [5, 5.41) is 10.7. The fourth-order valence-electron chi connectivity index (χ4n) is 4.30. The SMILES string of the molecule is CCCCCc1cc(O)c2c(c1)OC(C)(C)[C@@H]1CCC(C)=C[C@@H]21.[3H]C. The van der Waals surface area contributed by atoms with Gasteiger partial charge in [0.1, 0.15) is 17.1 Å². The molecule has 1 heterocycles. The number of rotatable bonds is 4. The first-order chi connectivity index (χ1) is 11.9.